The third kappa shape index (κ3) is 2.07. The molecule has 0 saturated carbocycles. The maximum absolute atomic E-state index is 5.82. The highest BCUT2D eigenvalue weighted by Gasteiger charge is 2.26. The average molecular weight is 287 g/mol. The van der Waals surface area contributed by atoms with Crippen LogP contribution < -0.4 is 4.90 Å². The summed E-state index contributed by atoms with van der Waals surface area (Å²) in [7, 11) is 0. The lowest BCUT2D eigenvalue weighted by atomic mass is 10.3. The van der Waals surface area contributed by atoms with Crippen molar-refractivity contribution in [1.82, 2.24) is 9.97 Å². The first-order chi connectivity index (χ1) is 9.90. The Hall–Kier alpha value is -1.92. The summed E-state index contributed by atoms with van der Waals surface area (Å²) in [5, 5.41) is 2.97. The van der Waals surface area contributed by atoms with E-state index in [2.05, 4.69) is 14.9 Å². The maximum Gasteiger partial charge on any atom is 0.298 e. The van der Waals surface area contributed by atoms with Gasteiger partial charge < -0.3 is 14.1 Å². The van der Waals surface area contributed by atoms with Gasteiger partial charge in [-0.3, -0.25) is 0 Å². The molecule has 102 valence electrons. The molecule has 0 N–H and O–H groups in total. The van der Waals surface area contributed by atoms with E-state index in [4.69, 9.17) is 9.15 Å². The van der Waals surface area contributed by atoms with Crippen molar-refractivity contribution < 1.29 is 9.15 Å². The number of benzene rings is 1. The fourth-order valence-corrected chi connectivity index (χ4v) is 3.04. The Morgan fingerprint density at radius 1 is 1.30 bits per heavy atom. The lowest BCUT2D eigenvalue weighted by molar-refractivity contribution is 0.0380. The highest BCUT2D eigenvalue weighted by molar-refractivity contribution is 7.09. The third-order valence-electron chi connectivity index (χ3n) is 3.35. The molecule has 0 amide bonds. The Morgan fingerprint density at radius 2 is 2.25 bits per heavy atom. The molecule has 1 unspecified atom stereocenters. The minimum Gasteiger partial charge on any atom is -0.423 e. The van der Waals surface area contributed by atoms with Crippen molar-refractivity contribution in [3.8, 4) is 0 Å². The lowest BCUT2D eigenvalue weighted by Crippen LogP contribution is -2.38. The predicted octanol–water partition coefficient (Wildman–Crippen LogP) is 2.86. The molecule has 0 aliphatic carbocycles. The maximum atomic E-state index is 5.82. The molecule has 3 heterocycles. The zero-order valence-electron chi connectivity index (χ0n) is 10.7. The van der Waals surface area contributed by atoms with Crippen LogP contribution >= 0.6 is 11.3 Å². The molecule has 1 aromatic carbocycles. The first-order valence-electron chi connectivity index (χ1n) is 6.52. The molecule has 3 aromatic rings. The number of thiazole rings is 1. The van der Waals surface area contributed by atoms with Gasteiger partial charge in [0.05, 0.1) is 13.2 Å². The quantitative estimate of drug-likeness (QED) is 0.725. The topological polar surface area (TPSA) is 51.4 Å². The first-order valence-corrected chi connectivity index (χ1v) is 7.39. The molecule has 0 radical (unpaired) electrons. The van der Waals surface area contributed by atoms with Gasteiger partial charge in [-0.25, -0.2) is 4.98 Å². The monoisotopic (exact) mass is 287 g/mol. The number of hydrogen-bond donors (Lipinski definition) is 0. The molecule has 1 fully saturated rings. The molecule has 6 heteroatoms. The van der Waals surface area contributed by atoms with E-state index in [-0.39, 0.29) is 6.10 Å². The molecule has 1 atom stereocenters. The number of para-hydroxylation sites is 2. The van der Waals surface area contributed by atoms with Crippen LogP contribution in [0, 0.1) is 0 Å². The Morgan fingerprint density at radius 3 is 3.10 bits per heavy atom. The van der Waals surface area contributed by atoms with E-state index < -0.39 is 0 Å². The van der Waals surface area contributed by atoms with Gasteiger partial charge in [0.15, 0.2) is 5.58 Å². The van der Waals surface area contributed by atoms with Crippen LogP contribution in [0.2, 0.25) is 0 Å². The Balaban J connectivity index is 1.61. The minimum atomic E-state index is -0.00115. The van der Waals surface area contributed by atoms with Crippen molar-refractivity contribution in [1.29, 1.82) is 0 Å². The molecule has 2 aromatic heterocycles. The zero-order valence-corrected chi connectivity index (χ0v) is 11.5. The Bertz CT molecular complexity index is 677. The summed E-state index contributed by atoms with van der Waals surface area (Å²) >= 11 is 1.62. The van der Waals surface area contributed by atoms with Gasteiger partial charge in [0.1, 0.15) is 16.6 Å². The highest BCUT2D eigenvalue weighted by Crippen LogP contribution is 2.28. The highest BCUT2D eigenvalue weighted by atomic mass is 32.1. The van der Waals surface area contributed by atoms with Crippen molar-refractivity contribution in [2.45, 2.75) is 6.10 Å². The van der Waals surface area contributed by atoms with Gasteiger partial charge in [0.2, 0.25) is 0 Å². The van der Waals surface area contributed by atoms with Crippen molar-refractivity contribution in [3.63, 3.8) is 0 Å². The Kier molecular flexibility index (Phi) is 2.90. The average Bonchev–Trinajstić information content (AvgIpc) is 3.16. The second kappa shape index (κ2) is 4.88. The van der Waals surface area contributed by atoms with Gasteiger partial charge in [-0.2, -0.15) is 4.98 Å². The molecule has 4 rings (SSSR count). The van der Waals surface area contributed by atoms with E-state index in [0.29, 0.717) is 12.6 Å². The van der Waals surface area contributed by atoms with E-state index in [1.165, 1.54) is 0 Å². The summed E-state index contributed by atoms with van der Waals surface area (Å²) in [6.45, 7) is 2.16. The van der Waals surface area contributed by atoms with Crippen LogP contribution in [0.5, 0.6) is 0 Å². The molecule has 5 nitrogen and oxygen atoms in total. The molecular formula is C14H13N3O2S. The minimum absolute atomic E-state index is 0.00115. The van der Waals surface area contributed by atoms with Gasteiger partial charge >= 0.3 is 0 Å². The number of fused-ring (bicyclic) bond motifs is 1. The van der Waals surface area contributed by atoms with Crippen molar-refractivity contribution in [2.75, 3.05) is 24.6 Å². The van der Waals surface area contributed by atoms with Gasteiger partial charge in [-0.15, -0.1) is 11.3 Å². The molecule has 1 aliphatic rings. The van der Waals surface area contributed by atoms with Crippen LogP contribution in [0.15, 0.2) is 40.3 Å². The van der Waals surface area contributed by atoms with Gasteiger partial charge in [0, 0.05) is 18.1 Å². The SMILES string of the molecule is c1ccc2oc(N3CCOC(c4nccs4)C3)nc2c1. The van der Waals surface area contributed by atoms with Crippen LogP contribution in [0.25, 0.3) is 11.1 Å². The summed E-state index contributed by atoms with van der Waals surface area (Å²) in [4.78, 5) is 11.0. The number of ether oxygens (including phenoxy) is 1. The number of oxazole rings is 1. The number of anilines is 1. The van der Waals surface area contributed by atoms with Gasteiger partial charge in [-0.1, -0.05) is 12.1 Å². The fourth-order valence-electron chi connectivity index (χ4n) is 2.36. The first kappa shape index (κ1) is 11.9. The number of aromatic nitrogens is 2. The third-order valence-corrected chi connectivity index (χ3v) is 4.21. The standard InChI is InChI=1S/C14H13N3O2S/c1-2-4-11-10(3-1)16-14(19-11)17-6-7-18-12(9-17)13-15-5-8-20-13/h1-5,8,12H,6-7,9H2. The second-order valence-corrected chi connectivity index (χ2v) is 5.57. The van der Waals surface area contributed by atoms with E-state index in [1.54, 1.807) is 11.3 Å². The number of rotatable bonds is 2. The molecule has 0 spiro atoms. The summed E-state index contributed by atoms with van der Waals surface area (Å²) < 4.78 is 11.6. The summed E-state index contributed by atoms with van der Waals surface area (Å²) in [5.74, 6) is 0. The van der Waals surface area contributed by atoms with Crippen LogP contribution in [0.1, 0.15) is 11.1 Å². The van der Waals surface area contributed by atoms with Crippen LogP contribution in [0.4, 0.5) is 6.01 Å². The molecular weight excluding hydrogens is 274 g/mol. The number of morpholine rings is 1. The van der Waals surface area contributed by atoms with E-state index >= 15 is 0 Å². The number of nitrogens with zero attached hydrogens (tertiary/aromatic N) is 3. The number of hydrogen-bond acceptors (Lipinski definition) is 6. The summed E-state index contributed by atoms with van der Waals surface area (Å²) in [5.41, 5.74) is 1.71. The van der Waals surface area contributed by atoms with E-state index in [1.807, 2.05) is 35.8 Å². The fraction of sp³-hybridized carbons (Fsp3) is 0.286. The smallest absolute Gasteiger partial charge is 0.298 e. The Labute approximate surface area is 119 Å². The molecule has 20 heavy (non-hydrogen) atoms. The van der Waals surface area contributed by atoms with Crippen molar-refractivity contribution in [2.24, 2.45) is 0 Å². The van der Waals surface area contributed by atoms with Gasteiger partial charge in [0.25, 0.3) is 6.01 Å². The second-order valence-electron chi connectivity index (χ2n) is 4.64. The van der Waals surface area contributed by atoms with Crippen molar-refractivity contribution >= 4 is 28.5 Å². The molecule has 1 aliphatic heterocycles. The molecule has 0 bridgehead atoms. The zero-order chi connectivity index (χ0) is 13.4. The van der Waals surface area contributed by atoms with Crippen LogP contribution in [0.3, 0.4) is 0 Å². The van der Waals surface area contributed by atoms with Crippen LogP contribution in [-0.2, 0) is 4.74 Å². The van der Waals surface area contributed by atoms with Crippen LogP contribution in [-0.4, -0.2) is 29.7 Å². The summed E-state index contributed by atoms with van der Waals surface area (Å²) in [6, 6.07) is 8.48. The molecule has 1 saturated heterocycles. The van der Waals surface area contributed by atoms with Crippen molar-refractivity contribution in [3.05, 3.63) is 40.8 Å². The van der Waals surface area contributed by atoms with E-state index in [0.717, 1.165) is 29.2 Å². The van der Waals surface area contributed by atoms with E-state index in [9.17, 15) is 0 Å². The van der Waals surface area contributed by atoms with Gasteiger partial charge in [-0.05, 0) is 12.1 Å². The summed E-state index contributed by atoms with van der Waals surface area (Å²) in [6.07, 6.45) is 1.81. The predicted molar refractivity (Wildman–Crippen MR) is 77.0 cm³/mol. The normalized spacial score (nSPS) is 19.6. The largest absolute Gasteiger partial charge is 0.423 e. The lowest BCUT2D eigenvalue weighted by Gasteiger charge is -2.30.